The fourth-order valence-electron chi connectivity index (χ4n) is 1.70. The van der Waals surface area contributed by atoms with Crippen molar-refractivity contribution in [3.05, 3.63) is 34.9 Å². The predicted molar refractivity (Wildman–Crippen MR) is 68.4 cm³/mol. The maximum atomic E-state index is 3.31. The molecule has 1 fully saturated rings. The smallest absolute Gasteiger partial charge is 0.0184 e. The van der Waals surface area contributed by atoms with Crippen LogP contribution in [-0.4, -0.2) is 18.8 Å². The van der Waals surface area contributed by atoms with Crippen molar-refractivity contribution in [2.45, 2.75) is 19.6 Å². The standard InChI is InChI=1S/C13H19NS/c1-10-3-4-12(5-11(10)2)8-15-9-13-6-14-7-13/h3-5,13-14H,6-9H2,1-2H3. The predicted octanol–water partition coefficient (Wildman–Crippen LogP) is 2.76. The van der Waals surface area contributed by atoms with Gasteiger partial charge in [0, 0.05) is 5.75 Å². The van der Waals surface area contributed by atoms with E-state index in [1.165, 1.54) is 35.5 Å². The summed E-state index contributed by atoms with van der Waals surface area (Å²) in [5.74, 6) is 3.39. The lowest BCUT2D eigenvalue weighted by Crippen LogP contribution is -2.43. The van der Waals surface area contributed by atoms with Gasteiger partial charge in [-0.05, 0) is 55.3 Å². The molecule has 0 atom stereocenters. The maximum absolute atomic E-state index is 3.31. The Morgan fingerprint density at radius 2 is 2.07 bits per heavy atom. The molecule has 1 aliphatic heterocycles. The Balaban J connectivity index is 1.79. The van der Waals surface area contributed by atoms with Crippen molar-refractivity contribution < 1.29 is 0 Å². The Kier molecular flexibility index (Phi) is 3.71. The number of rotatable bonds is 4. The molecule has 1 aromatic carbocycles. The van der Waals surface area contributed by atoms with Gasteiger partial charge in [0.1, 0.15) is 0 Å². The van der Waals surface area contributed by atoms with Crippen LogP contribution >= 0.6 is 11.8 Å². The summed E-state index contributed by atoms with van der Waals surface area (Å²) < 4.78 is 0. The van der Waals surface area contributed by atoms with Gasteiger partial charge in [-0.15, -0.1) is 0 Å². The molecule has 1 aromatic rings. The van der Waals surface area contributed by atoms with Gasteiger partial charge >= 0.3 is 0 Å². The zero-order valence-corrected chi connectivity index (χ0v) is 10.4. The van der Waals surface area contributed by atoms with E-state index in [1.807, 2.05) is 0 Å². The number of hydrogen-bond donors (Lipinski definition) is 1. The van der Waals surface area contributed by atoms with Crippen LogP contribution in [0.4, 0.5) is 0 Å². The monoisotopic (exact) mass is 221 g/mol. The first kappa shape index (κ1) is 11.0. The average molecular weight is 221 g/mol. The Labute approximate surface area is 96.7 Å². The molecule has 1 N–H and O–H groups in total. The summed E-state index contributed by atoms with van der Waals surface area (Å²) in [6, 6.07) is 6.81. The van der Waals surface area contributed by atoms with Crippen LogP contribution in [0, 0.1) is 19.8 Å². The minimum atomic E-state index is 0.918. The first-order valence-corrected chi connectivity index (χ1v) is 6.76. The molecule has 82 valence electrons. The number of aryl methyl sites for hydroxylation is 2. The molecule has 1 heterocycles. The Morgan fingerprint density at radius 1 is 1.27 bits per heavy atom. The highest BCUT2D eigenvalue weighted by Crippen LogP contribution is 2.19. The van der Waals surface area contributed by atoms with E-state index in [9.17, 15) is 0 Å². The van der Waals surface area contributed by atoms with Crippen molar-refractivity contribution in [1.82, 2.24) is 5.32 Å². The van der Waals surface area contributed by atoms with Crippen LogP contribution in [0.25, 0.3) is 0 Å². The van der Waals surface area contributed by atoms with Gasteiger partial charge in [-0.2, -0.15) is 11.8 Å². The summed E-state index contributed by atoms with van der Waals surface area (Å²) in [6.07, 6.45) is 0. The van der Waals surface area contributed by atoms with Crippen molar-refractivity contribution in [3.8, 4) is 0 Å². The summed E-state index contributed by atoms with van der Waals surface area (Å²) in [7, 11) is 0. The second kappa shape index (κ2) is 5.04. The van der Waals surface area contributed by atoms with E-state index in [1.54, 1.807) is 0 Å². The average Bonchev–Trinajstić information content (AvgIpc) is 2.15. The number of thioether (sulfide) groups is 1. The summed E-state index contributed by atoms with van der Waals surface area (Å²) in [4.78, 5) is 0. The molecule has 0 spiro atoms. The minimum Gasteiger partial charge on any atom is -0.316 e. The lowest BCUT2D eigenvalue weighted by Gasteiger charge is -2.26. The summed E-state index contributed by atoms with van der Waals surface area (Å²) in [5.41, 5.74) is 4.28. The molecule has 0 radical (unpaired) electrons. The molecule has 0 aromatic heterocycles. The highest BCUT2D eigenvalue weighted by atomic mass is 32.2. The molecule has 2 rings (SSSR count). The zero-order chi connectivity index (χ0) is 10.7. The molecule has 1 aliphatic rings. The molecule has 0 unspecified atom stereocenters. The summed E-state index contributed by atoms with van der Waals surface area (Å²) >= 11 is 2.06. The number of nitrogens with one attached hydrogen (secondary N) is 1. The lowest BCUT2D eigenvalue weighted by atomic mass is 10.1. The second-order valence-corrected chi connectivity index (χ2v) is 5.49. The van der Waals surface area contributed by atoms with Crippen molar-refractivity contribution in [1.29, 1.82) is 0 Å². The molecule has 2 heteroatoms. The highest BCUT2D eigenvalue weighted by molar-refractivity contribution is 7.98. The van der Waals surface area contributed by atoms with Gasteiger partial charge in [0.25, 0.3) is 0 Å². The van der Waals surface area contributed by atoms with Gasteiger partial charge in [-0.3, -0.25) is 0 Å². The van der Waals surface area contributed by atoms with E-state index in [4.69, 9.17) is 0 Å². The van der Waals surface area contributed by atoms with E-state index < -0.39 is 0 Å². The summed E-state index contributed by atoms with van der Waals surface area (Å²) in [5, 5.41) is 3.31. The molecule has 0 bridgehead atoms. The first-order valence-electron chi connectivity index (χ1n) is 5.60. The van der Waals surface area contributed by atoms with Crippen LogP contribution in [0.3, 0.4) is 0 Å². The van der Waals surface area contributed by atoms with Crippen LogP contribution in [0.15, 0.2) is 18.2 Å². The molecule has 1 saturated heterocycles. The van der Waals surface area contributed by atoms with Crippen LogP contribution in [0.1, 0.15) is 16.7 Å². The maximum Gasteiger partial charge on any atom is 0.0184 e. The van der Waals surface area contributed by atoms with Gasteiger partial charge in [0.15, 0.2) is 0 Å². The van der Waals surface area contributed by atoms with E-state index in [2.05, 4.69) is 49.1 Å². The molecular formula is C13H19NS. The van der Waals surface area contributed by atoms with Gasteiger partial charge in [-0.25, -0.2) is 0 Å². The fourth-order valence-corrected chi connectivity index (χ4v) is 2.81. The Bertz CT molecular complexity index is 331. The van der Waals surface area contributed by atoms with Crippen molar-refractivity contribution in [2.75, 3.05) is 18.8 Å². The van der Waals surface area contributed by atoms with Crippen LogP contribution < -0.4 is 5.32 Å². The Hall–Kier alpha value is -0.470. The first-order chi connectivity index (χ1) is 7.25. The zero-order valence-electron chi connectivity index (χ0n) is 9.55. The lowest BCUT2D eigenvalue weighted by molar-refractivity contribution is 0.385. The van der Waals surface area contributed by atoms with E-state index >= 15 is 0 Å². The van der Waals surface area contributed by atoms with E-state index in [-0.39, 0.29) is 0 Å². The third-order valence-electron chi connectivity index (χ3n) is 3.06. The molecule has 0 aliphatic carbocycles. The van der Waals surface area contributed by atoms with Crippen molar-refractivity contribution in [2.24, 2.45) is 5.92 Å². The second-order valence-electron chi connectivity index (χ2n) is 4.46. The number of hydrogen-bond acceptors (Lipinski definition) is 2. The third-order valence-corrected chi connectivity index (χ3v) is 4.30. The quantitative estimate of drug-likeness (QED) is 0.839. The largest absolute Gasteiger partial charge is 0.316 e. The third kappa shape index (κ3) is 2.99. The number of benzene rings is 1. The summed E-state index contributed by atoms with van der Waals surface area (Å²) in [6.45, 7) is 6.81. The fraction of sp³-hybridized carbons (Fsp3) is 0.538. The molecular weight excluding hydrogens is 202 g/mol. The molecule has 1 nitrogen and oxygen atoms in total. The SMILES string of the molecule is Cc1ccc(CSCC2CNC2)cc1C. The highest BCUT2D eigenvalue weighted by Gasteiger charge is 2.15. The molecule has 15 heavy (non-hydrogen) atoms. The Morgan fingerprint density at radius 3 is 2.67 bits per heavy atom. The molecule has 0 amide bonds. The van der Waals surface area contributed by atoms with Gasteiger partial charge < -0.3 is 5.32 Å². The van der Waals surface area contributed by atoms with Crippen molar-refractivity contribution in [3.63, 3.8) is 0 Å². The normalized spacial score (nSPS) is 16.4. The van der Waals surface area contributed by atoms with Crippen molar-refractivity contribution >= 4 is 11.8 Å². The van der Waals surface area contributed by atoms with Crippen LogP contribution in [0.5, 0.6) is 0 Å². The van der Waals surface area contributed by atoms with Crippen LogP contribution in [0.2, 0.25) is 0 Å². The van der Waals surface area contributed by atoms with E-state index in [0.29, 0.717) is 0 Å². The van der Waals surface area contributed by atoms with Gasteiger partial charge in [-0.1, -0.05) is 18.2 Å². The van der Waals surface area contributed by atoms with Gasteiger partial charge in [0.05, 0.1) is 0 Å². The minimum absolute atomic E-state index is 0.918. The van der Waals surface area contributed by atoms with Gasteiger partial charge in [0.2, 0.25) is 0 Å². The van der Waals surface area contributed by atoms with E-state index in [0.717, 1.165) is 11.7 Å². The topological polar surface area (TPSA) is 12.0 Å². The molecule has 0 saturated carbocycles. The van der Waals surface area contributed by atoms with Crippen LogP contribution in [-0.2, 0) is 5.75 Å².